The highest BCUT2D eigenvalue weighted by atomic mass is 35.5. The Labute approximate surface area is 151 Å². The summed E-state index contributed by atoms with van der Waals surface area (Å²) >= 11 is 6.37. The van der Waals surface area contributed by atoms with E-state index in [9.17, 15) is 4.79 Å². The Morgan fingerprint density at radius 1 is 1.12 bits per heavy atom. The molecule has 2 aromatic rings. The third kappa shape index (κ3) is 3.17. The van der Waals surface area contributed by atoms with Gasteiger partial charge in [0.25, 0.3) is 5.91 Å². The van der Waals surface area contributed by atoms with Crippen molar-refractivity contribution in [1.82, 2.24) is 10.2 Å². The molecule has 0 radical (unpaired) electrons. The van der Waals surface area contributed by atoms with Crippen molar-refractivity contribution in [1.29, 1.82) is 0 Å². The van der Waals surface area contributed by atoms with E-state index < -0.39 is 0 Å². The normalized spacial score (nSPS) is 19.6. The van der Waals surface area contributed by atoms with Crippen LogP contribution < -0.4 is 14.8 Å². The molecule has 0 bridgehead atoms. The molecule has 0 saturated carbocycles. The van der Waals surface area contributed by atoms with Crippen LogP contribution in [0.4, 0.5) is 0 Å². The SMILES string of the molecule is O=C(c1ccc2c(c1)OCCO2)N1CCNCC1c1ccccc1Cl. The average molecular weight is 359 g/mol. The van der Waals surface area contributed by atoms with Crippen molar-refractivity contribution in [3.8, 4) is 11.5 Å². The van der Waals surface area contributed by atoms with E-state index in [1.165, 1.54) is 0 Å². The van der Waals surface area contributed by atoms with E-state index in [-0.39, 0.29) is 11.9 Å². The van der Waals surface area contributed by atoms with Crippen LogP contribution in [0.1, 0.15) is 22.0 Å². The summed E-state index contributed by atoms with van der Waals surface area (Å²) in [4.78, 5) is 15.0. The molecule has 2 heterocycles. The van der Waals surface area contributed by atoms with E-state index in [4.69, 9.17) is 21.1 Å². The summed E-state index contributed by atoms with van der Waals surface area (Å²) in [5.74, 6) is 1.29. The first kappa shape index (κ1) is 16.2. The summed E-state index contributed by atoms with van der Waals surface area (Å²) in [5, 5.41) is 4.03. The number of benzene rings is 2. The molecule has 0 aliphatic carbocycles. The van der Waals surface area contributed by atoms with Crippen molar-refractivity contribution in [2.75, 3.05) is 32.8 Å². The summed E-state index contributed by atoms with van der Waals surface area (Å²) in [5.41, 5.74) is 1.56. The van der Waals surface area contributed by atoms with Crippen LogP contribution in [0.15, 0.2) is 42.5 Å². The molecule has 1 saturated heterocycles. The largest absolute Gasteiger partial charge is 0.486 e. The molecule has 2 aliphatic heterocycles. The van der Waals surface area contributed by atoms with Crippen molar-refractivity contribution >= 4 is 17.5 Å². The number of fused-ring (bicyclic) bond motifs is 1. The molecule has 5 nitrogen and oxygen atoms in total. The van der Waals surface area contributed by atoms with Gasteiger partial charge in [-0.3, -0.25) is 4.79 Å². The second kappa shape index (κ2) is 6.94. The highest BCUT2D eigenvalue weighted by Crippen LogP contribution is 2.33. The Morgan fingerprint density at radius 2 is 1.92 bits per heavy atom. The van der Waals surface area contributed by atoms with E-state index in [0.717, 1.165) is 12.1 Å². The fourth-order valence-electron chi connectivity index (χ4n) is 3.31. The van der Waals surface area contributed by atoms with Crippen molar-refractivity contribution in [3.63, 3.8) is 0 Å². The zero-order chi connectivity index (χ0) is 17.2. The van der Waals surface area contributed by atoms with Gasteiger partial charge in [-0.1, -0.05) is 29.8 Å². The fraction of sp³-hybridized carbons (Fsp3) is 0.316. The highest BCUT2D eigenvalue weighted by molar-refractivity contribution is 6.31. The summed E-state index contributed by atoms with van der Waals surface area (Å²) in [6.07, 6.45) is 0. The number of nitrogens with zero attached hydrogens (tertiary/aromatic N) is 1. The minimum Gasteiger partial charge on any atom is -0.486 e. The molecule has 130 valence electrons. The molecule has 1 atom stereocenters. The lowest BCUT2D eigenvalue weighted by molar-refractivity contribution is 0.0633. The van der Waals surface area contributed by atoms with Crippen molar-refractivity contribution in [2.45, 2.75) is 6.04 Å². The minimum atomic E-state index is -0.0943. The zero-order valence-electron chi connectivity index (χ0n) is 13.7. The van der Waals surface area contributed by atoms with Crippen molar-refractivity contribution in [2.24, 2.45) is 0 Å². The monoisotopic (exact) mass is 358 g/mol. The van der Waals surface area contributed by atoms with Gasteiger partial charge in [0.2, 0.25) is 0 Å². The van der Waals surface area contributed by atoms with Gasteiger partial charge in [-0.25, -0.2) is 0 Å². The summed E-state index contributed by atoms with van der Waals surface area (Å²) in [6, 6.07) is 12.9. The number of rotatable bonds is 2. The molecule has 0 spiro atoms. The van der Waals surface area contributed by atoms with Crippen LogP contribution in [-0.2, 0) is 0 Å². The predicted molar refractivity (Wildman–Crippen MR) is 95.5 cm³/mol. The van der Waals surface area contributed by atoms with Crippen LogP contribution in [0.25, 0.3) is 0 Å². The maximum Gasteiger partial charge on any atom is 0.254 e. The van der Waals surface area contributed by atoms with Crippen molar-refractivity contribution < 1.29 is 14.3 Å². The topological polar surface area (TPSA) is 50.8 Å². The number of nitrogens with one attached hydrogen (secondary N) is 1. The quantitative estimate of drug-likeness (QED) is 0.896. The van der Waals surface area contributed by atoms with E-state index in [1.54, 1.807) is 18.2 Å². The molecule has 2 aromatic carbocycles. The number of carbonyl (C=O) groups is 1. The summed E-state index contributed by atoms with van der Waals surface area (Å²) < 4.78 is 11.1. The second-order valence-electron chi connectivity index (χ2n) is 6.10. The Hall–Kier alpha value is -2.24. The molecule has 6 heteroatoms. The standard InChI is InChI=1S/C19H19ClN2O3/c20-15-4-2-1-3-14(15)16-12-21-7-8-22(16)19(23)13-5-6-17-18(11-13)25-10-9-24-17/h1-6,11,16,21H,7-10,12H2. The van der Waals surface area contributed by atoms with E-state index in [1.807, 2.05) is 29.2 Å². The maximum absolute atomic E-state index is 13.1. The third-order valence-corrected chi connectivity index (χ3v) is 4.90. The molecule has 2 aliphatic rings. The van der Waals surface area contributed by atoms with Gasteiger partial charge in [0.1, 0.15) is 13.2 Å². The van der Waals surface area contributed by atoms with Crippen LogP contribution in [-0.4, -0.2) is 43.7 Å². The van der Waals surface area contributed by atoms with Gasteiger partial charge in [0, 0.05) is 30.2 Å². The van der Waals surface area contributed by atoms with E-state index >= 15 is 0 Å². The Kier molecular flexibility index (Phi) is 4.51. The van der Waals surface area contributed by atoms with Gasteiger partial charge in [-0.2, -0.15) is 0 Å². The minimum absolute atomic E-state index is 0.0246. The zero-order valence-corrected chi connectivity index (χ0v) is 14.5. The lowest BCUT2D eigenvalue weighted by Gasteiger charge is -2.37. The molecule has 4 rings (SSSR count). The number of halogens is 1. The molecule has 1 fully saturated rings. The molecular formula is C19H19ClN2O3. The third-order valence-electron chi connectivity index (χ3n) is 4.56. The number of amides is 1. The number of hydrogen-bond donors (Lipinski definition) is 1. The fourth-order valence-corrected chi connectivity index (χ4v) is 3.57. The predicted octanol–water partition coefficient (Wildman–Crippen LogP) is 2.90. The highest BCUT2D eigenvalue weighted by Gasteiger charge is 2.30. The number of piperazine rings is 1. The first-order chi connectivity index (χ1) is 12.2. The number of hydrogen-bond acceptors (Lipinski definition) is 4. The number of carbonyl (C=O) groups excluding carboxylic acids is 1. The first-order valence-electron chi connectivity index (χ1n) is 8.40. The lowest BCUT2D eigenvalue weighted by atomic mass is 10.0. The molecular weight excluding hydrogens is 340 g/mol. The van der Waals surface area contributed by atoms with E-state index in [0.29, 0.717) is 48.4 Å². The van der Waals surface area contributed by atoms with Crippen LogP contribution in [0.2, 0.25) is 5.02 Å². The van der Waals surface area contributed by atoms with Gasteiger partial charge in [-0.15, -0.1) is 0 Å². The molecule has 1 N–H and O–H groups in total. The maximum atomic E-state index is 13.1. The van der Waals surface area contributed by atoms with Crippen LogP contribution in [0.3, 0.4) is 0 Å². The van der Waals surface area contributed by atoms with Gasteiger partial charge >= 0.3 is 0 Å². The summed E-state index contributed by atoms with van der Waals surface area (Å²) in [6.45, 7) is 3.10. The van der Waals surface area contributed by atoms with Gasteiger partial charge in [-0.05, 0) is 29.8 Å². The number of ether oxygens (including phenoxy) is 2. The molecule has 0 aromatic heterocycles. The van der Waals surface area contributed by atoms with Gasteiger partial charge in [0.05, 0.1) is 6.04 Å². The Balaban J connectivity index is 1.64. The smallest absolute Gasteiger partial charge is 0.254 e. The molecule has 1 unspecified atom stereocenters. The van der Waals surface area contributed by atoms with Gasteiger partial charge < -0.3 is 19.7 Å². The van der Waals surface area contributed by atoms with Crippen LogP contribution in [0.5, 0.6) is 11.5 Å². The second-order valence-corrected chi connectivity index (χ2v) is 6.51. The average Bonchev–Trinajstić information content (AvgIpc) is 2.67. The first-order valence-corrected chi connectivity index (χ1v) is 8.77. The molecule has 1 amide bonds. The van der Waals surface area contributed by atoms with Crippen LogP contribution in [0, 0.1) is 0 Å². The van der Waals surface area contributed by atoms with Crippen molar-refractivity contribution in [3.05, 3.63) is 58.6 Å². The van der Waals surface area contributed by atoms with E-state index in [2.05, 4.69) is 5.32 Å². The summed E-state index contributed by atoms with van der Waals surface area (Å²) in [7, 11) is 0. The van der Waals surface area contributed by atoms with Crippen LogP contribution >= 0.6 is 11.6 Å². The van der Waals surface area contributed by atoms with Gasteiger partial charge in [0.15, 0.2) is 11.5 Å². The Morgan fingerprint density at radius 3 is 2.76 bits per heavy atom. The Bertz CT molecular complexity index is 796. The molecule has 25 heavy (non-hydrogen) atoms. The lowest BCUT2D eigenvalue weighted by Crippen LogP contribution is -2.48.